The first kappa shape index (κ1) is 16.1. The first-order valence-corrected chi connectivity index (χ1v) is 8.01. The van der Waals surface area contributed by atoms with Crippen LogP contribution in [0.5, 0.6) is 0 Å². The third-order valence-corrected chi connectivity index (χ3v) is 4.21. The predicted molar refractivity (Wildman–Crippen MR) is 102 cm³/mol. The topological polar surface area (TPSA) is 23.6 Å². The lowest BCUT2D eigenvalue weighted by molar-refractivity contribution is 0.103. The average Bonchev–Trinajstić information content (AvgIpc) is 2.60. The van der Waals surface area contributed by atoms with Crippen molar-refractivity contribution in [2.45, 2.75) is 0 Å². The molecule has 122 valence electrons. The number of hydrogen-bond donors (Lipinski definition) is 0. The number of ketones is 1. The summed E-state index contributed by atoms with van der Waals surface area (Å²) in [4.78, 5) is 17.2. The van der Waals surface area contributed by atoms with Crippen LogP contribution in [-0.2, 0) is 0 Å². The van der Waals surface area contributed by atoms with Gasteiger partial charge in [0.05, 0.1) is 5.69 Å². The Labute approximate surface area is 143 Å². The summed E-state index contributed by atoms with van der Waals surface area (Å²) in [6, 6.07) is 19.7. The highest BCUT2D eigenvalue weighted by Crippen LogP contribution is 2.37. The van der Waals surface area contributed by atoms with Gasteiger partial charge in [0.2, 0.25) is 0 Å². The first-order valence-electron chi connectivity index (χ1n) is 8.01. The molecule has 0 radical (unpaired) electrons. The summed E-state index contributed by atoms with van der Waals surface area (Å²) in [5, 5.41) is 2.24. The van der Waals surface area contributed by atoms with Crippen LogP contribution in [0.15, 0.2) is 60.7 Å². The maximum absolute atomic E-state index is 13.1. The van der Waals surface area contributed by atoms with Gasteiger partial charge in [-0.3, -0.25) is 4.79 Å². The Bertz CT molecular complexity index is 883. The van der Waals surface area contributed by atoms with E-state index >= 15 is 0 Å². The minimum atomic E-state index is 0.0507. The van der Waals surface area contributed by atoms with E-state index in [2.05, 4.69) is 23.1 Å². The van der Waals surface area contributed by atoms with Gasteiger partial charge in [0.15, 0.2) is 5.78 Å². The summed E-state index contributed by atoms with van der Waals surface area (Å²) in [7, 11) is 8.03. The molecule has 0 heterocycles. The van der Waals surface area contributed by atoms with E-state index in [4.69, 9.17) is 0 Å². The first-order chi connectivity index (χ1) is 11.5. The number of nitrogens with zero attached hydrogens (tertiary/aromatic N) is 2. The second-order valence-electron chi connectivity index (χ2n) is 6.32. The van der Waals surface area contributed by atoms with E-state index in [0.29, 0.717) is 5.56 Å². The zero-order valence-electron chi connectivity index (χ0n) is 14.6. The number of hydrogen-bond acceptors (Lipinski definition) is 3. The number of anilines is 2. The Kier molecular flexibility index (Phi) is 4.26. The van der Waals surface area contributed by atoms with Crippen LogP contribution < -0.4 is 9.80 Å². The third kappa shape index (κ3) is 2.73. The summed E-state index contributed by atoms with van der Waals surface area (Å²) < 4.78 is 0. The summed E-state index contributed by atoms with van der Waals surface area (Å²) >= 11 is 0. The van der Waals surface area contributed by atoms with Gasteiger partial charge in [0.25, 0.3) is 0 Å². The normalized spacial score (nSPS) is 10.7. The molecule has 0 aliphatic heterocycles. The van der Waals surface area contributed by atoms with Crippen molar-refractivity contribution in [1.82, 2.24) is 0 Å². The molecule has 0 aromatic heterocycles. The highest BCUT2D eigenvalue weighted by atomic mass is 16.1. The number of benzene rings is 3. The Morgan fingerprint density at radius 1 is 0.750 bits per heavy atom. The number of carbonyl (C=O) groups excluding carboxylic acids is 1. The Morgan fingerprint density at radius 3 is 2.08 bits per heavy atom. The van der Waals surface area contributed by atoms with Crippen LogP contribution in [0.2, 0.25) is 0 Å². The van der Waals surface area contributed by atoms with E-state index in [1.54, 1.807) is 0 Å². The standard InChI is InChI=1S/C21H22N2O/c1-22(2)18-12-8-11-15-13-14-17(20(19(15)18)23(3)4)21(24)16-9-6-5-7-10-16/h5-14H,1-4H3. The van der Waals surface area contributed by atoms with E-state index in [1.807, 2.05) is 75.6 Å². The molecule has 0 fully saturated rings. The van der Waals surface area contributed by atoms with E-state index in [0.717, 1.165) is 27.7 Å². The van der Waals surface area contributed by atoms with E-state index in [-0.39, 0.29) is 5.78 Å². The van der Waals surface area contributed by atoms with Crippen LogP contribution in [0.3, 0.4) is 0 Å². The van der Waals surface area contributed by atoms with Crippen molar-refractivity contribution in [3.8, 4) is 0 Å². The van der Waals surface area contributed by atoms with Crippen molar-refractivity contribution in [3.05, 3.63) is 71.8 Å². The minimum absolute atomic E-state index is 0.0507. The largest absolute Gasteiger partial charge is 0.377 e. The summed E-state index contributed by atoms with van der Waals surface area (Å²) in [6.07, 6.45) is 0. The lowest BCUT2D eigenvalue weighted by Crippen LogP contribution is -2.17. The number of rotatable bonds is 4. The fraction of sp³-hybridized carbons (Fsp3) is 0.190. The van der Waals surface area contributed by atoms with Crippen LogP contribution >= 0.6 is 0 Å². The monoisotopic (exact) mass is 318 g/mol. The molecule has 0 saturated heterocycles. The second-order valence-corrected chi connectivity index (χ2v) is 6.32. The molecule has 0 N–H and O–H groups in total. The molecule has 0 spiro atoms. The van der Waals surface area contributed by atoms with Crippen LogP contribution in [0, 0.1) is 0 Å². The second kappa shape index (κ2) is 6.36. The minimum Gasteiger partial charge on any atom is -0.377 e. The highest BCUT2D eigenvalue weighted by Gasteiger charge is 2.19. The third-order valence-electron chi connectivity index (χ3n) is 4.21. The fourth-order valence-electron chi connectivity index (χ4n) is 3.11. The van der Waals surface area contributed by atoms with Crippen molar-refractivity contribution >= 4 is 27.9 Å². The lowest BCUT2D eigenvalue weighted by atomic mass is 9.95. The van der Waals surface area contributed by atoms with Gasteiger partial charge in [-0.05, 0) is 17.5 Å². The van der Waals surface area contributed by atoms with Gasteiger partial charge < -0.3 is 9.80 Å². The SMILES string of the molecule is CN(C)c1cccc2ccc(C(=O)c3ccccc3)c(N(C)C)c12. The summed E-state index contributed by atoms with van der Waals surface area (Å²) in [5.74, 6) is 0.0507. The van der Waals surface area contributed by atoms with Crippen molar-refractivity contribution in [2.75, 3.05) is 38.0 Å². The summed E-state index contributed by atoms with van der Waals surface area (Å²) in [5.41, 5.74) is 3.51. The van der Waals surface area contributed by atoms with Gasteiger partial charge in [0.1, 0.15) is 0 Å². The summed E-state index contributed by atoms with van der Waals surface area (Å²) in [6.45, 7) is 0. The van der Waals surface area contributed by atoms with Gasteiger partial charge in [-0.25, -0.2) is 0 Å². The molecule has 0 bridgehead atoms. The van der Waals surface area contributed by atoms with Gasteiger partial charge in [-0.2, -0.15) is 0 Å². The molecule has 3 aromatic rings. The average molecular weight is 318 g/mol. The molecule has 0 aliphatic carbocycles. The van der Waals surface area contributed by atoms with Crippen LogP contribution in [0.4, 0.5) is 11.4 Å². The smallest absolute Gasteiger partial charge is 0.195 e. The van der Waals surface area contributed by atoms with E-state index in [1.165, 1.54) is 0 Å². The zero-order valence-corrected chi connectivity index (χ0v) is 14.6. The van der Waals surface area contributed by atoms with E-state index in [9.17, 15) is 4.79 Å². The van der Waals surface area contributed by atoms with Crippen molar-refractivity contribution < 1.29 is 4.79 Å². The van der Waals surface area contributed by atoms with Crippen LogP contribution in [0.1, 0.15) is 15.9 Å². The van der Waals surface area contributed by atoms with E-state index < -0.39 is 0 Å². The molecule has 3 rings (SSSR count). The highest BCUT2D eigenvalue weighted by molar-refractivity contribution is 6.18. The number of fused-ring (bicyclic) bond motifs is 1. The van der Waals surface area contributed by atoms with Gasteiger partial charge in [0, 0.05) is 50.4 Å². The van der Waals surface area contributed by atoms with Gasteiger partial charge in [-0.1, -0.05) is 48.5 Å². The lowest BCUT2D eigenvalue weighted by Gasteiger charge is -2.24. The zero-order chi connectivity index (χ0) is 17.3. The van der Waals surface area contributed by atoms with Crippen molar-refractivity contribution in [2.24, 2.45) is 0 Å². The molecule has 3 heteroatoms. The Morgan fingerprint density at radius 2 is 1.46 bits per heavy atom. The quantitative estimate of drug-likeness (QED) is 0.674. The molecular formula is C21H22N2O. The molecule has 0 atom stereocenters. The van der Waals surface area contributed by atoms with Crippen molar-refractivity contribution in [3.63, 3.8) is 0 Å². The molecule has 0 amide bonds. The molecular weight excluding hydrogens is 296 g/mol. The Balaban J connectivity index is 2.32. The predicted octanol–water partition coefficient (Wildman–Crippen LogP) is 4.20. The number of carbonyl (C=O) groups is 1. The molecule has 0 aliphatic rings. The molecule has 0 unspecified atom stereocenters. The molecule has 3 aromatic carbocycles. The van der Waals surface area contributed by atoms with Crippen LogP contribution in [0.25, 0.3) is 10.8 Å². The fourth-order valence-corrected chi connectivity index (χ4v) is 3.11. The maximum atomic E-state index is 13.1. The Hall–Kier alpha value is -2.81. The van der Waals surface area contributed by atoms with Crippen molar-refractivity contribution in [1.29, 1.82) is 0 Å². The van der Waals surface area contributed by atoms with Gasteiger partial charge >= 0.3 is 0 Å². The molecule has 24 heavy (non-hydrogen) atoms. The van der Waals surface area contributed by atoms with Crippen LogP contribution in [-0.4, -0.2) is 34.0 Å². The molecule has 3 nitrogen and oxygen atoms in total. The maximum Gasteiger partial charge on any atom is 0.195 e. The molecule has 0 saturated carbocycles. The van der Waals surface area contributed by atoms with Gasteiger partial charge in [-0.15, -0.1) is 0 Å².